The molecule has 21 nitrogen and oxygen atoms in total. The van der Waals surface area contributed by atoms with E-state index in [1.807, 2.05) is 6.92 Å². The van der Waals surface area contributed by atoms with Crippen LogP contribution in [0.1, 0.15) is 41.5 Å². The lowest BCUT2D eigenvalue weighted by molar-refractivity contribution is -0.393. The van der Waals surface area contributed by atoms with E-state index < -0.39 is 136 Å². The van der Waals surface area contributed by atoms with Crippen LogP contribution in [0.25, 0.3) is 0 Å². The maximum absolute atomic E-state index is 11.4. The highest BCUT2D eigenvalue weighted by Gasteiger charge is 2.56. The average molecular weight is 835 g/mol. The summed E-state index contributed by atoms with van der Waals surface area (Å²) < 4.78 is 78.7. The van der Waals surface area contributed by atoms with Crippen molar-refractivity contribution in [1.82, 2.24) is 0 Å². The van der Waals surface area contributed by atoms with E-state index in [0.717, 1.165) is 0 Å². The van der Waals surface area contributed by atoms with E-state index in [0.29, 0.717) is 6.61 Å². The van der Waals surface area contributed by atoms with Crippen molar-refractivity contribution in [2.75, 3.05) is 66.1 Å². The fraction of sp³-hybridized carbons (Fsp3) is 1.00. The smallest absolute Gasteiger partial charge is 0.187 e. The topological polar surface area (TPSA) is 282 Å². The van der Waals surface area contributed by atoms with Gasteiger partial charge in [0.2, 0.25) is 0 Å². The first kappa shape index (κ1) is 48.8. The van der Waals surface area contributed by atoms with Crippen LogP contribution >= 0.6 is 0 Å². The highest BCUT2D eigenvalue weighted by atomic mass is 16.8. The van der Waals surface area contributed by atoms with Crippen molar-refractivity contribution in [3.8, 4) is 0 Å². The predicted molar refractivity (Wildman–Crippen MR) is 190 cm³/mol. The molecule has 4 heterocycles. The van der Waals surface area contributed by atoms with Crippen LogP contribution in [0, 0.1) is 0 Å². The maximum atomic E-state index is 11.4. The summed E-state index contributed by atoms with van der Waals surface area (Å²) in [4.78, 5) is 0. The Morgan fingerprint density at radius 3 is 1.32 bits per heavy atom. The van der Waals surface area contributed by atoms with Crippen LogP contribution in [0.2, 0.25) is 0 Å². The lowest BCUT2D eigenvalue weighted by Gasteiger charge is -2.51. The first-order valence-electron chi connectivity index (χ1n) is 19.9. The van der Waals surface area contributed by atoms with Gasteiger partial charge in [0, 0.05) is 39.6 Å². The zero-order valence-corrected chi connectivity index (χ0v) is 33.5. The summed E-state index contributed by atoms with van der Waals surface area (Å²) in [5, 5.41) is 84.5. The molecule has 0 amide bonds. The third-order valence-electron chi connectivity index (χ3n) is 10.2. The van der Waals surface area contributed by atoms with Crippen LogP contribution in [0.15, 0.2) is 0 Å². The second-order valence-corrected chi connectivity index (χ2v) is 13.8. The van der Waals surface area contributed by atoms with Gasteiger partial charge >= 0.3 is 0 Å². The number of ether oxygens (including phenoxy) is 13. The third kappa shape index (κ3) is 11.8. The first-order valence-corrected chi connectivity index (χ1v) is 19.9. The van der Waals surface area contributed by atoms with Gasteiger partial charge in [-0.1, -0.05) is 0 Å². The van der Waals surface area contributed by atoms with Gasteiger partial charge in [-0.05, 0) is 41.5 Å². The van der Waals surface area contributed by atoms with Gasteiger partial charge in [0.05, 0.1) is 26.4 Å². The average Bonchev–Trinajstić information content (AvgIpc) is 3.20. The molecule has 20 atom stereocenters. The molecule has 4 saturated heterocycles. The quantitative estimate of drug-likeness (QED) is 0.0526. The molecular formula is C36H66O21. The normalized spacial score (nSPS) is 44.3. The zero-order valence-electron chi connectivity index (χ0n) is 33.5. The molecule has 0 aliphatic carbocycles. The van der Waals surface area contributed by atoms with Gasteiger partial charge in [-0.25, -0.2) is 0 Å². The van der Waals surface area contributed by atoms with Crippen LogP contribution in [-0.4, -0.2) is 230 Å². The molecule has 0 saturated carbocycles. The molecule has 21 heteroatoms. The van der Waals surface area contributed by atoms with Crippen molar-refractivity contribution in [3.63, 3.8) is 0 Å². The van der Waals surface area contributed by atoms with Crippen LogP contribution in [0.3, 0.4) is 0 Å². The summed E-state index contributed by atoms with van der Waals surface area (Å²) >= 11 is 0. The van der Waals surface area contributed by atoms with Gasteiger partial charge in [-0.2, -0.15) is 0 Å². The van der Waals surface area contributed by atoms with Gasteiger partial charge in [0.25, 0.3) is 0 Å². The molecule has 4 rings (SSSR count). The molecule has 0 aromatic carbocycles. The van der Waals surface area contributed by atoms with E-state index in [1.54, 1.807) is 34.6 Å². The van der Waals surface area contributed by atoms with Gasteiger partial charge in [0.15, 0.2) is 25.2 Å². The SMILES string of the molecule is CCOC[C@H]1O[C@@H](O[C@H]2[C@H](OCC)[C@@H](OCC)C(O)O[C@@H]2COCC)[C@H](OCC)[C@@H](OCC)[C@@H]1O[C@@H]1O[C@H](CO)[C@@H](O[C@@H]2O[C@H](CO)[C@@H](O)[C@H](O)[C@H]2O)[C@H](O)[C@H]1O. The van der Waals surface area contributed by atoms with Crippen LogP contribution in [0.4, 0.5) is 0 Å². The third-order valence-corrected chi connectivity index (χ3v) is 10.2. The van der Waals surface area contributed by atoms with Crippen LogP contribution < -0.4 is 0 Å². The molecule has 4 aliphatic rings. The number of hydrogen-bond acceptors (Lipinski definition) is 21. The minimum atomic E-state index is -1.84. The Morgan fingerprint density at radius 2 is 0.789 bits per heavy atom. The molecule has 0 aromatic heterocycles. The monoisotopic (exact) mass is 834 g/mol. The lowest BCUT2D eigenvalue weighted by atomic mass is 9.95. The molecule has 4 aliphatic heterocycles. The van der Waals surface area contributed by atoms with Crippen LogP contribution in [-0.2, 0) is 61.6 Å². The van der Waals surface area contributed by atoms with Crippen molar-refractivity contribution in [1.29, 1.82) is 0 Å². The number of aliphatic hydroxyl groups excluding tert-OH is 8. The fourth-order valence-corrected chi connectivity index (χ4v) is 7.43. The Hall–Kier alpha value is -0.840. The van der Waals surface area contributed by atoms with E-state index in [9.17, 15) is 40.9 Å². The summed E-state index contributed by atoms with van der Waals surface area (Å²) in [6.07, 6.45) is -26.7. The van der Waals surface area contributed by atoms with Crippen molar-refractivity contribution >= 4 is 0 Å². The molecule has 8 N–H and O–H groups in total. The highest BCUT2D eigenvalue weighted by Crippen LogP contribution is 2.37. The minimum absolute atomic E-state index is 0.0437. The van der Waals surface area contributed by atoms with Gasteiger partial charge in [-0.3, -0.25) is 0 Å². The van der Waals surface area contributed by atoms with Gasteiger partial charge < -0.3 is 102 Å². The minimum Gasteiger partial charge on any atom is -0.394 e. The zero-order chi connectivity index (χ0) is 41.8. The fourth-order valence-electron chi connectivity index (χ4n) is 7.43. The van der Waals surface area contributed by atoms with Crippen molar-refractivity contribution < 1.29 is 102 Å². The van der Waals surface area contributed by atoms with Crippen molar-refractivity contribution in [3.05, 3.63) is 0 Å². The summed E-state index contributed by atoms with van der Waals surface area (Å²) in [7, 11) is 0. The molecule has 336 valence electrons. The number of hydrogen-bond donors (Lipinski definition) is 8. The summed E-state index contributed by atoms with van der Waals surface area (Å²) in [6, 6.07) is 0. The van der Waals surface area contributed by atoms with Gasteiger partial charge in [-0.15, -0.1) is 0 Å². The molecule has 0 spiro atoms. The molecular weight excluding hydrogens is 768 g/mol. The standard InChI is InChI=1S/C36H66O21/c1-7-45-15-19-27(29(47-9-3)31(49-11-5)33(44)51-19)57-36-32(50-12-6)30(48-10-4)28(20(54-36)16-46-8-2)56-35-25(43)23(41)26(18(14-38)53-35)55-34-24(42)22(40)21(39)17(13-37)52-34/h17-44H,7-16H2,1-6H3/t17-,18-,19-,20-,21-,22+,23-,24-,25-,26-,27-,28-,29+,30+,31-,32-,33?,34+,35+,36+/m1/s1. The molecule has 57 heavy (non-hydrogen) atoms. The lowest BCUT2D eigenvalue weighted by Crippen LogP contribution is -2.68. The van der Waals surface area contributed by atoms with E-state index in [2.05, 4.69) is 0 Å². The number of aliphatic hydroxyl groups is 8. The van der Waals surface area contributed by atoms with Crippen LogP contribution in [0.5, 0.6) is 0 Å². The Balaban J connectivity index is 1.62. The van der Waals surface area contributed by atoms with Crippen molar-refractivity contribution in [2.45, 2.75) is 164 Å². The van der Waals surface area contributed by atoms with E-state index in [-0.39, 0.29) is 46.2 Å². The Labute approximate surface area is 332 Å². The summed E-state index contributed by atoms with van der Waals surface area (Å²) in [5.41, 5.74) is 0. The Kier molecular flexibility index (Phi) is 20.5. The molecule has 1 unspecified atom stereocenters. The second-order valence-electron chi connectivity index (χ2n) is 13.8. The van der Waals surface area contributed by atoms with Crippen molar-refractivity contribution in [2.24, 2.45) is 0 Å². The number of rotatable bonds is 22. The molecule has 0 radical (unpaired) electrons. The largest absolute Gasteiger partial charge is 0.394 e. The van der Waals surface area contributed by atoms with E-state index in [4.69, 9.17) is 61.6 Å². The van der Waals surface area contributed by atoms with E-state index >= 15 is 0 Å². The molecule has 0 bridgehead atoms. The Morgan fingerprint density at radius 1 is 0.368 bits per heavy atom. The predicted octanol–water partition coefficient (Wildman–Crippen LogP) is -3.48. The van der Waals surface area contributed by atoms with Gasteiger partial charge in [0.1, 0.15) is 97.7 Å². The first-order chi connectivity index (χ1) is 27.4. The summed E-state index contributed by atoms with van der Waals surface area (Å²) in [5.74, 6) is 0. The molecule has 4 fully saturated rings. The Bertz CT molecular complexity index is 1110. The molecule has 0 aromatic rings. The summed E-state index contributed by atoms with van der Waals surface area (Å²) in [6.45, 7) is 10.7. The van der Waals surface area contributed by atoms with E-state index in [1.165, 1.54) is 0 Å². The second kappa shape index (κ2) is 24.0. The highest BCUT2D eigenvalue weighted by molar-refractivity contribution is 4.99. The maximum Gasteiger partial charge on any atom is 0.187 e.